The summed E-state index contributed by atoms with van der Waals surface area (Å²) in [4.78, 5) is 8.39. The molecule has 2 atom stereocenters. The van der Waals surface area contributed by atoms with Crippen molar-refractivity contribution >= 4 is 11.8 Å². The molecular formula is C11H17N3S. The summed E-state index contributed by atoms with van der Waals surface area (Å²) in [5, 5.41) is 5.13. The molecule has 82 valence electrons. The molecule has 1 aliphatic rings. The molecule has 1 aromatic rings. The second kappa shape index (κ2) is 5.47. The number of thioether (sulfide) groups is 1. The van der Waals surface area contributed by atoms with Gasteiger partial charge < -0.3 is 5.32 Å². The molecule has 2 unspecified atom stereocenters. The van der Waals surface area contributed by atoms with E-state index in [0.717, 1.165) is 5.03 Å². The average molecular weight is 223 g/mol. The SMILES string of the molecule is CNC1CCCC(Sc2cnccn2)C1. The zero-order valence-corrected chi connectivity index (χ0v) is 9.83. The molecule has 15 heavy (non-hydrogen) atoms. The normalized spacial score (nSPS) is 26.5. The highest BCUT2D eigenvalue weighted by Gasteiger charge is 2.21. The zero-order valence-electron chi connectivity index (χ0n) is 9.02. The van der Waals surface area contributed by atoms with Gasteiger partial charge in [0.2, 0.25) is 0 Å². The molecule has 1 aromatic heterocycles. The van der Waals surface area contributed by atoms with Crippen LogP contribution >= 0.6 is 11.8 Å². The van der Waals surface area contributed by atoms with Gasteiger partial charge in [0, 0.05) is 23.7 Å². The molecule has 1 N–H and O–H groups in total. The highest BCUT2D eigenvalue weighted by molar-refractivity contribution is 7.99. The van der Waals surface area contributed by atoms with E-state index in [-0.39, 0.29) is 0 Å². The van der Waals surface area contributed by atoms with Gasteiger partial charge in [-0.15, -0.1) is 11.8 Å². The Kier molecular flexibility index (Phi) is 3.97. The minimum Gasteiger partial charge on any atom is -0.317 e. The van der Waals surface area contributed by atoms with E-state index >= 15 is 0 Å². The van der Waals surface area contributed by atoms with Gasteiger partial charge in [0.15, 0.2) is 0 Å². The molecule has 0 spiro atoms. The van der Waals surface area contributed by atoms with Crippen molar-refractivity contribution in [2.75, 3.05) is 7.05 Å². The first kappa shape index (κ1) is 10.9. The van der Waals surface area contributed by atoms with Gasteiger partial charge in [-0.2, -0.15) is 0 Å². The molecule has 2 rings (SSSR count). The van der Waals surface area contributed by atoms with Crippen molar-refractivity contribution in [1.82, 2.24) is 15.3 Å². The predicted octanol–water partition coefficient (Wildman–Crippen LogP) is 2.10. The van der Waals surface area contributed by atoms with Gasteiger partial charge in [-0.1, -0.05) is 6.42 Å². The largest absolute Gasteiger partial charge is 0.317 e. The Hall–Kier alpha value is -0.610. The highest BCUT2D eigenvalue weighted by Crippen LogP contribution is 2.32. The summed E-state index contributed by atoms with van der Waals surface area (Å²) in [5.74, 6) is 0. The summed E-state index contributed by atoms with van der Waals surface area (Å²) >= 11 is 1.87. The van der Waals surface area contributed by atoms with Crippen molar-refractivity contribution in [2.24, 2.45) is 0 Å². The lowest BCUT2D eigenvalue weighted by molar-refractivity contribution is 0.402. The third-order valence-electron chi connectivity index (χ3n) is 2.86. The second-order valence-corrected chi connectivity index (χ2v) is 5.26. The van der Waals surface area contributed by atoms with Crippen LogP contribution in [0, 0.1) is 0 Å². The molecule has 0 aromatic carbocycles. The molecule has 3 nitrogen and oxygen atoms in total. The summed E-state index contributed by atoms with van der Waals surface area (Å²) in [6.07, 6.45) is 10.5. The van der Waals surface area contributed by atoms with E-state index in [1.807, 2.05) is 18.0 Å². The molecule has 1 aliphatic carbocycles. The maximum absolute atomic E-state index is 4.30. The summed E-state index contributed by atoms with van der Waals surface area (Å²) in [7, 11) is 2.06. The number of nitrogens with one attached hydrogen (secondary N) is 1. The fourth-order valence-electron chi connectivity index (χ4n) is 2.03. The lowest BCUT2D eigenvalue weighted by atomic mass is 9.95. The molecule has 1 saturated carbocycles. The van der Waals surface area contributed by atoms with Crippen molar-refractivity contribution in [3.8, 4) is 0 Å². The van der Waals surface area contributed by atoms with E-state index in [9.17, 15) is 0 Å². The first-order chi connectivity index (χ1) is 7.38. The lowest BCUT2D eigenvalue weighted by Gasteiger charge is -2.27. The van der Waals surface area contributed by atoms with Gasteiger partial charge in [-0.25, -0.2) is 4.98 Å². The Bertz CT molecular complexity index is 291. The van der Waals surface area contributed by atoms with Crippen molar-refractivity contribution in [2.45, 2.75) is 42.0 Å². The molecule has 1 heterocycles. The average Bonchev–Trinajstić information content (AvgIpc) is 2.31. The molecule has 0 amide bonds. The third-order valence-corrected chi connectivity index (χ3v) is 4.08. The van der Waals surface area contributed by atoms with Crippen molar-refractivity contribution in [1.29, 1.82) is 0 Å². The van der Waals surface area contributed by atoms with Crippen LogP contribution < -0.4 is 5.32 Å². The van der Waals surface area contributed by atoms with Gasteiger partial charge in [0.05, 0.1) is 6.20 Å². The van der Waals surface area contributed by atoms with Crippen LogP contribution in [-0.4, -0.2) is 28.3 Å². The fraction of sp³-hybridized carbons (Fsp3) is 0.636. The van der Waals surface area contributed by atoms with Gasteiger partial charge in [0.25, 0.3) is 0 Å². The summed E-state index contributed by atoms with van der Waals surface area (Å²) < 4.78 is 0. The standard InChI is InChI=1S/C11H17N3S/c1-12-9-3-2-4-10(7-9)15-11-8-13-5-6-14-11/h5-6,8-10,12H,2-4,7H2,1H3. The quantitative estimate of drug-likeness (QED) is 0.851. The molecule has 1 fully saturated rings. The van der Waals surface area contributed by atoms with Crippen molar-refractivity contribution < 1.29 is 0 Å². The topological polar surface area (TPSA) is 37.8 Å². The van der Waals surface area contributed by atoms with Gasteiger partial charge >= 0.3 is 0 Å². The van der Waals surface area contributed by atoms with Crippen molar-refractivity contribution in [3.63, 3.8) is 0 Å². The van der Waals surface area contributed by atoms with Crippen LogP contribution in [-0.2, 0) is 0 Å². The first-order valence-corrected chi connectivity index (χ1v) is 6.36. The minimum atomic E-state index is 0.688. The van der Waals surface area contributed by atoms with Crippen LogP contribution in [0.5, 0.6) is 0 Å². The number of rotatable bonds is 3. The van der Waals surface area contributed by atoms with Crippen LogP contribution in [0.25, 0.3) is 0 Å². The molecule has 0 bridgehead atoms. The smallest absolute Gasteiger partial charge is 0.115 e. The number of hydrogen-bond acceptors (Lipinski definition) is 4. The van der Waals surface area contributed by atoms with Crippen LogP contribution in [0.1, 0.15) is 25.7 Å². The van der Waals surface area contributed by atoms with E-state index in [2.05, 4.69) is 22.3 Å². The highest BCUT2D eigenvalue weighted by atomic mass is 32.2. The van der Waals surface area contributed by atoms with E-state index in [1.54, 1.807) is 12.4 Å². The lowest BCUT2D eigenvalue weighted by Crippen LogP contribution is -2.32. The summed E-state index contributed by atoms with van der Waals surface area (Å²) in [6.45, 7) is 0. The Balaban J connectivity index is 1.89. The molecular weight excluding hydrogens is 206 g/mol. The second-order valence-electron chi connectivity index (χ2n) is 3.94. The zero-order chi connectivity index (χ0) is 10.5. The van der Waals surface area contributed by atoms with E-state index in [4.69, 9.17) is 0 Å². The Morgan fingerprint density at radius 3 is 3.07 bits per heavy atom. The molecule has 0 aliphatic heterocycles. The third kappa shape index (κ3) is 3.18. The molecule has 0 radical (unpaired) electrons. The maximum atomic E-state index is 4.30. The van der Waals surface area contributed by atoms with Crippen LogP contribution in [0.3, 0.4) is 0 Å². The number of nitrogens with zero attached hydrogens (tertiary/aromatic N) is 2. The fourth-order valence-corrected chi connectivity index (χ4v) is 3.23. The van der Waals surface area contributed by atoms with Gasteiger partial charge in [-0.05, 0) is 26.3 Å². The molecule has 4 heteroatoms. The minimum absolute atomic E-state index is 0.688. The Morgan fingerprint density at radius 1 is 1.40 bits per heavy atom. The van der Waals surface area contributed by atoms with Crippen LogP contribution in [0.2, 0.25) is 0 Å². The van der Waals surface area contributed by atoms with Crippen molar-refractivity contribution in [3.05, 3.63) is 18.6 Å². The Morgan fingerprint density at radius 2 is 2.33 bits per heavy atom. The predicted molar refractivity (Wildman–Crippen MR) is 63.0 cm³/mol. The van der Waals surface area contributed by atoms with E-state index < -0.39 is 0 Å². The van der Waals surface area contributed by atoms with Crippen LogP contribution in [0.4, 0.5) is 0 Å². The van der Waals surface area contributed by atoms with Gasteiger partial charge in [0.1, 0.15) is 5.03 Å². The maximum Gasteiger partial charge on any atom is 0.115 e. The number of aromatic nitrogens is 2. The molecule has 0 saturated heterocycles. The van der Waals surface area contributed by atoms with Gasteiger partial charge in [-0.3, -0.25) is 4.98 Å². The summed E-state index contributed by atoms with van der Waals surface area (Å²) in [6, 6.07) is 0.688. The number of hydrogen-bond donors (Lipinski definition) is 1. The first-order valence-electron chi connectivity index (χ1n) is 5.48. The monoisotopic (exact) mass is 223 g/mol. The Labute approximate surface area is 95.1 Å². The van der Waals surface area contributed by atoms with E-state index in [1.165, 1.54) is 25.7 Å². The van der Waals surface area contributed by atoms with E-state index in [0.29, 0.717) is 11.3 Å². The summed E-state index contributed by atoms with van der Waals surface area (Å²) in [5.41, 5.74) is 0. The van der Waals surface area contributed by atoms with Crippen LogP contribution in [0.15, 0.2) is 23.6 Å².